The zero-order valence-corrected chi connectivity index (χ0v) is 14.2. The fourth-order valence-corrected chi connectivity index (χ4v) is 3.31. The zero-order valence-electron chi connectivity index (χ0n) is 13.4. The van der Waals surface area contributed by atoms with Crippen LogP contribution in [0.3, 0.4) is 0 Å². The van der Waals surface area contributed by atoms with Crippen molar-refractivity contribution in [3.8, 4) is 11.5 Å². The highest BCUT2D eigenvalue weighted by Crippen LogP contribution is 2.27. The second kappa shape index (κ2) is 7.63. The maximum absolute atomic E-state index is 10.4. The first kappa shape index (κ1) is 16.8. The Morgan fingerprint density at radius 1 is 1.18 bits per heavy atom. The third-order valence-electron chi connectivity index (χ3n) is 3.67. The summed E-state index contributed by atoms with van der Waals surface area (Å²) in [7, 11) is 3.20. The highest BCUT2D eigenvalue weighted by Gasteiger charge is 2.14. The highest BCUT2D eigenvalue weighted by atomic mass is 32.1. The summed E-state index contributed by atoms with van der Waals surface area (Å²) in [5.41, 5.74) is 2.06. The van der Waals surface area contributed by atoms with Gasteiger partial charge in [-0.2, -0.15) is 0 Å². The molecule has 2 rings (SSSR count). The number of aryl methyl sites for hydroxylation is 1. The van der Waals surface area contributed by atoms with E-state index in [1.165, 1.54) is 10.4 Å². The minimum atomic E-state index is -0.619. The number of aliphatic hydroxyl groups is 1. The number of benzene rings is 1. The lowest BCUT2D eigenvalue weighted by Gasteiger charge is -2.18. The lowest BCUT2D eigenvalue weighted by atomic mass is 10.1. The molecule has 2 N–H and O–H groups in total. The summed E-state index contributed by atoms with van der Waals surface area (Å²) in [6.45, 7) is 4.68. The quantitative estimate of drug-likeness (QED) is 0.820. The molecule has 0 amide bonds. The Labute approximate surface area is 135 Å². The second-order valence-corrected chi connectivity index (χ2v) is 6.21. The Kier molecular flexibility index (Phi) is 5.83. The largest absolute Gasteiger partial charge is 0.497 e. The van der Waals surface area contributed by atoms with E-state index in [0.29, 0.717) is 18.0 Å². The van der Waals surface area contributed by atoms with Crippen LogP contribution in [0.1, 0.15) is 35.1 Å². The van der Waals surface area contributed by atoms with Crippen molar-refractivity contribution in [2.45, 2.75) is 26.0 Å². The Balaban J connectivity index is 2.03. The van der Waals surface area contributed by atoms with Gasteiger partial charge in [0.2, 0.25) is 0 Å². The number of thiophene rings is 1. The Hall–Kier alpha value is -1.56. The predicted molar refractivity (Wildman–Crippen MR) is 90.0 cm³/mol. The average molecular weight is 321 g/mol. The molecule has 0 saturated carbocycles. The first-order valence-corrected chi connectivity index (χ1v) is 8.11. The van der Waals surface area contributed by atoms with Crippen molar-refractivity contribution in [1.82, 2.24) is 5.32 Å². The number of methoxy groups -OCH3 is 2. The van der Waals surface area contributed by atoms with Gasteiger partial charge in [0.1, 0.15) is 11.5 Å². The molecule has 2 aromatic rings. The number of ether oxygens (including phenoxy) is 2. The van der Waals surface area contributed by atoms with E-state index in [1.54, 1.807) is 31.6 Å². The van der Waals surface area contributed by atoms with Gasteiger partial charge in [-0.1, -0.05) is 0 Å². The molecule has 22 heavy (non-hydrogen) atoms. The molecule has 2 atom stereocenters. The molecule has 4 nitrogen and oxygen atoms in total. The van der Waals surface area contributed by atoms with Crippen LogP contribution >= 0.6 is 11.3 Å². The van der Waals surface area contributed by atoms with Gasteiger partial charge in [-0.3, -0.25) is 0 Å². The molecule has 0 aliphatic carbocycles. The fraction of sp³-hybridized carbons (Fsp3) is 0.412. The van der Waals surface area contributed by atoms with Gasteiger partial charge in [-0.25, -0.2) is 0 Å². The van der Waals surface area contributed by atoms with Gasteiger partial charge < -0.3 is 19.9 Å². The minimum absolute atomic E-state index is 0.210. The standard InChI is InChI=1S/C17H23NO3S/c1-11-5-6-22-17(11)12(2)18-10-16(19)13-7-14(20-3)9-15(8-13)21-4/h5-9,12,16,18-19H,10H2,1-4H3. The van der Waals surface area contributed by atoms with Gasteiger partial charge in [0.25, 0.3) is 0 Å². The van der Waals surface area contributed by atoms with E-state index in [0.717, 1.165) is 5.56 Å². The molecule has 1 heterocycles. The molecule has 5 heteroatoms. The third-order valence-corrected chi connectivity index (χ3v) is 4.87. The summed E-state index contributed by atoms with van der Waals surface area (Å²) in [4.78, 5) is 1.30. The SMILES string of the molecule is COc1cc(OC)cc(C(O)CNC(C)c2sccc2C)c1. The highest BCUT2D eigenvalue weighted by molar-refractivity contribution is 7.10. The Morgan fingerprint density at radius 2 is 1.82 bits per heavy atom. The van der Waals surface area contributed by atoms with Crippen molar-refractivity contribution in [3.05, 3.63) is 45.6 Å². The molecule has 0 spiro atoms. The maximum Gasteiger partial charge on any atom is 0.122 e. The van der Waals surface area contributed by atoms with E-state index in [4.69, 9.17) is 9.47 Å². The molecular weight excluding hydrogens is 298 g/mol. The van der Waals surface area contributed by atoms with E-state index in [9.17, 15) is 5.11 Å². The van der Waals surface area contributed by atoms with Crippen molar-refractivity contribution in [1.29, 1.82) is 0 Å². The first-order valence-electron chi connectivity index (χ1n) is 7.23. The van der Waals surface area contributed by atoms with Crippen molar-refractivity contribution < 1.29 is 14.6 Å². The summed E-state index contributed by atoms with van der Waals surface area (Å²) in [6.07, 6.45) is -0.619. The van der Waals surface area contributed by atoms with E-state index in [-0.39, 0.29) is 6.04 Å². The summed E-state index contributed by atoms with van der Waals surface area (Å²) < 4.78 is 10.5. The van der Waals surface area contributed by atoms with Crippen molar-refractivity contribution in [2.75, 3.05) is 20.8 Å². The number of hydrogen-bond acceptors (Lipinski definition) is 5. The Morgan fingerprint density at radius 3 is 2.32 bits per heavy atom. The third kappa shape index (κ3) is 4.00. The van der Waals surface area contributed by atoms with Crippen LogP contribution in [0.4, 0.5) is 0 Å². The monoisotopic (exact) mass is 321 g/mol. The topological polar surface area (TPSA) is 50.7 Å². The predicted octanol–water partition coefficient (Wildman–Crippen LogP) is 3.46. The van der Waals surface area contributed by atoms with Gasteiger partial charge in [0.05, 0.1) is 20.3 Å². The molecule has 0 radical (unpaired) electrons. The smallest absolute Gasteiger partial charge is 0.122 e. The van der Waals surface area contributed by atoms with Crippen LogP contribution in [0.15, 0.2) is 29.6 Å². The van der Waals surface area contributed by atoms with Gasteiger partial charge >= 0.3 is 0 Å². The lowest BCUT2D eigenvalue weighted by molar-refractivity contribution is 0.170. The van der Waals surface area contributed by atoms with Crippen LogP contribution in [-0.2, 0) is 0 Å². The number of aliphatic hydroxyl groups excluding tert-OH is 1. The maximum atomic E-state index is 10.4. The van der Waals surface area contributed by atoms with Crippen LogP contribution in [0.25, 0.3) is 0 Å². The van der Waals surface area contributed by atoms with Gasteiger partial charge in [-0.05, 0) is 48.6 Å². The number of nitrogens with one attached hydrogen (secondary N) is 1. The van der Waals surface area contributed by atoms with Crippen LogP contribution < -0.4 is 14.8 Å². The zero-order chi connectivity index (χ0) is 16.1. The van der Waals surface area contributed by atoms with Gasteiger partial charge in [0, 0.05) is 23.5 Å². The molecule has 0 aliphatic rings. The normalized spacial score (nSPS) is 13.7. The molecular formula is C17H23NO3S. The molecule has 0 aliphatic heterocycles. The summed E-state index contributed by atoms with van der Waals surface area (Å²) in [5.74, 6) is 1.35. The van der Waals surface area contributed by atoms with Crippen molar-refractivity contribution in [3.63, 3.8) is 0 Å². The van der Waals surface area contributed by atoms with E-state index in [2.05, 4.69) is 30.6 Å². The van der Waals surface area contributed by atoms with Crippen LogP contribution in [0.2, 0.25) is 0 Å². The lowest BCUT2D eigenvalue weighted by Crippen LogP contribution is -2.24. The molecule has 0 fully saturated rings. The fourth-order valence-electron chi connectivity index (χ4n) is 2.35. The van der Waals surface area contributed by atoms with E-state index >= 15 is 0 Å². The summed E-state index contributed by atoms with van der Waals surface area (Å²) in [5, 5.41) is 15.9. The van der Waals surface area contributed by atoms with Gasteiger partial charge in [0.15, 0.2) is 0 Å². The minimum Gasteiger partial charge on any atom is -0.497 e. The van der Waals surface area contributed by atoms with Crippen LogP contribution in [0.5, 0.6) is 11.5 Å². The van der Waals surface area contributed by atoms with Crippen LogP contribution in [-0.4, -0.2) is 25.9 Å². The number of rotatable bonds is 7. The molecule has 0 saturated heterocycles. The van der Waals surface area contributed by atoms with E-state index < -0.39 is 6.10 Å². The second-order valence-electron chi connectivity index (χ2n) is 5.26. The summed E-state index contributed by atoms with van der Waals surface area (Å²) >= 11 is 1.73. The average Bonchev–Trinajstić information content (AvgIpc) is 2.97. The van der Waals surface area contributed by atoms with Gasteiger partial charge in [-0.15, -0.1) is 11.3 Å². The Bertz CT molecular complexity index is 589. The molecule has 1 aromatic heterocycles. The molecule has 0 bridgehead atoms. The number of hydrogen-bond donors (Lipinski definition) is 2. The summed E-state index contributed by atoms with van der Waals surface area (Å²) in [6, 6.07) is 7.77. The van der Waals surface area contributed by atoms with Crippen LogP contribution in [0, 0.1) is 6.92 Å². The molecule has 120 valence electrons. The molecule has 2 unspecified atom stereocenters. The molecule has 1 aromatic carbocycles. The van der Waals surface area contributed by atoms with E-state index in [1.807, 2.05) is 12.1 Å². The first-order chi connectivity index (χ1) is 10.5. The van der Waals surface area contributed by atoms with Crippen molar-refractivity contribution >= 4 is 11.3 Å². The van der Waals surface area contributed by atoms with Crippen molar-refractivity contribution in [2.24, 2.45) is 0 Å².